The molecule has 0 aliphatic rings. The molecule has 2 rings (SSSR count). The summed E-state index contributed by atoms with van der Waals surface area (Å²) in [6.07, 6.45) is 0.633. The van der Waals surface area contributed by atoms with Crippen LogP contribution in [-0.4, -0.2) is 32.0 Å². The average Bonchev–Trinajstić information content (AvgIpc) is 2.90. The van der Waals surface area contributed by atoms with Gasteiger partial charge >= 0.3 is 11.6 Å². The summed E-state index contributed by atoms with van der Waals surface area (Å²) >= 11 is 0. The van der Waals surface area contributed by atoms with Gasteiger partial charge in [0.1, 0.15) is 4.92 Å². The first kappa shape index (κ1) is 15.2. The number of amides is 1. The zero-order chi connectivity index (χ0) is 21.2. The lowest BCUT2D eigenvalue weighted by atomic mass is 10.1. The molecule has 14 nitrogen and oxygen atoms in total. The molecule has 0 saturated heterocycles. The van der Waals surface area contributed by atoms with Crippen molar-refractivity contribution in [2.75, 3.05) is 0 Å². The first-order valence-corrected chi connectivity index (χ1v) is 6.28. The maximum Gasteiger partial charge on any atom is 0.433 e. The van der Waals surface area contributed by atoms with Crippen LogP contribution in [0.5, 0.6) is 5.75 Å². The third-order valence-corrected chi connectivity index (χ3v) is 2.74. The summed E-state index contributed by atoms with van der Waals surface area (Å²) in [5.74, 6) is -4.01. The van der Waals surface area contributed by atoms with Gasteiger partial charge in [0.25, 0.3) is 11.6 Å². The Kier molecular flexibility index (Phi) is 4.11. The van der Waals surface area contributed by atoms with Gasteiger partial charge in [0.05, 0.1) is 36.5 Å². The largest absolute Gasteiger partial charge is 0.502 e. The molecule has 1 amide bonds. The zero-order valence-corrected chi connectivity index (χ0v) is 12.2. The van der Waals surface area contributed by atoms with Gasteiger partial charge in [-0.2, -0.15) is 5.10 Å². The van der Waals surface area contributed by atoms with E-state index in [9.17, 15) is 40.2 Å². The maximum absolute atomic E-state index is 12.0. The van der Waals surface area contributed by atoms with Crippen LogP contribution in [0.25, 0.3) is 0 Å². The van der Waals surface area contributed by atoms with E-state index >= 15 is 0 Å². The number of non-ortho nitro benzene ring substituents is 1. The van der Waals surface area contributed by atoms with Crippen LogP contribution in [-0.2, 0) is 0 Å². The number of hydrogen-bond donors (Lipinski definition) is 2. The molecule has 1 aromatic carbocycles. The normalized spacial score (nSPS) is 11.7. The predicted molar refractivity (Wildman–Crippen MR) is 81.8 cm³/mol. The highest BCUT2D eigenvalue weighted by Gasteiger charge is 2.27. The lowest BCUT2D eigenvalue weighted by molar-refractivity contribution is -0.402. The van der Waals surface area contributed by atoms with Crippen molar-refractivity contribution in [2.24, 2.45) is 5.10 Å². The summed E-state index contributed by atoms with van der Waals surface area (Å²) in [6, 6.07) is -0.495. The molecule has 0 atom stereocenters. The number of nitrogens with one attached hydrogen (secondary N) is 1. The molecule has 26 heavy (non-hydrogen) atoms. The van der Waals surface area contributed by atoms with Crippen LogP contribution in [0, 0.1) is 30.3 Å². The first-order chi connectivity index (χ1) is 13.0. The number of nitro groups is 3. The van der Waals surface area contributed by atoms with Gasteiger partial charge in [-0.15, -0.1) is 0 Å². The molecule has 0 radical (unpaired) electrons. The number of nitrogens with zero attached hydrogens (tertiary/aromatic N) is 4. The molecule has 0 spiro atoms. The Hall–Kier alpha value is -4.36. The SMILES string of the molecule is [2H]c1c(/C=[15N]/[15NH]C(=O)c2cc([N+](=O)[O-])cc([N+](=O)[O-])c2O)oc([N+](=O)[O-])c1[2H]. The fourth-order valence-electron chi connectivity index (χ4n) is 1.64. The molecule has 0 saturated carbocycles. The monoisotopic (exact) mass is 369 g/mol. The molecule has 2 aromatic rings. The fraction of sp³-hybridized carbons (Fsp3) is 0. The van der Waals surface area contributed by atoms with Crippen molar-refractivity contribution in [3.63, 3.8) is 0 Å². The number of aromatic hydroxyl groups is 1. The van der Waals surface area contributed by atoms with Gasteiger partial charge in [0.2, 0.25) is 5.75 Å². The van der Waals surface area contributed by atoms with Gasteiger partial charge in [-0.25, -0.2) is 5.43 Å². The van der Waals surface area contributed by atoms with Crippen LogP contribution in [0.15, 0.2) is 33.7 Å². The Morgan fingerprint density at radius 2 is 1.88 bits per heavy atom. The van der Waals surface area contributed by atoms with Crippen LogP contribution in [0.3, 0.4) is 0 Å². The highest BCUT2D eigenvalue weighted by molar-refractivity contribution is 5.99. The van der Waals surface area contributed by atoms with E-state index in [-0.39, 0.29) is 0 Å². The van der Waals surface area contributed by atoms with E-state index in [1.807, 2.05) is 0 Å². The van der Waals surface area contributed by atoms with Crippen molar-refractivity contribution < 1.29 is 31.8 Å². The van der Waals surface area contributed by atoms with E-state index in [1.165, 1.54) is 0 Å². The molecule has 14 heteroatoms. The minimum Gasteiger partial charge on any atom is -0.502 e. The predicted octanol–water partition coefficient (Wildman–Crippen LogP) is 1.47. The second kappa shape index (κ2) is 7.04. The molecule has 0 aliphatic heterocycles. The zero-order valence-electron chi connectivity index (χ0n) is 14.2. The quantitative estimate of drug-likeness (QED) is 0.327. The molecule has 134 valence electrons. The molecular weight excluding hydrogens is 360 g/mol. The number of hydrogen-bond acceptors (Lipinski definition) is 10. The Morgan fingerprint density at radius 3 is 2.42 bits per heavy atom. The van der Waals surface area contributed by atoms with Crippen molar-refractivity contribution in [1.29, 1.82) is 0 Å². The summed E-state index contributed by atoms with van der Waals surface area (Å²) in [5.41, 5.74) is -1.01. The van der Waals surface area contributed by atoms with E-state index in [4.69, 9.17) is 2.74 Å². The van der Waals surface area contributed by atoms with Gasteiger partial charge in [0.15, 0.2) is 5.76 Å². The molecular formula is C12H7N5O9. The lowest BCUT2D eigenvalue weighted by Crippen LogP contribution is -2.18. The van der Waals surface area contributed by atoms with Crippen molar-refractivity contribution in [1.82, 2.24) is 5.43 Å². The van der Waals surface area contributed by atoms with Gasteiger partial charge < -0.3 is 9.52 Å². The fourth-order valence-corrected chi connectivity index (χ4v) is 1.64. The number of phenols is 1. The second-order valence-electron chi connectivity index (χ2n) is 4.35. The van der Waals surface area contributed by atoms with E-state index < -0.39 is 67.1 Å². The molecule has 2 N–H and O–H groups in total. The average molecular weight is 369 g/mol. The van der Waals surface area contributed by atoms with Crippen LogP contribution in [0.1, 0.15) is 18.9 Å². The number of carbonyl (C=O) groups is 1. The summed E-state index contributed by atoms with van der Waals surface area (Å²) < 4.78 is 19.4. The number of carbonyl (C=O) groups excluding carboxylic acids is 1. The Morgan fingerprint density at radius 1 is 1.19 bits per heavy atom. The maximum atomic E-state index is 12.0. The van der Waals surface area contributed by atoms with Gasteiger partial charge in [-0.05, 0) is 6.04 Å². The van der Waals surface area contributed by atoms with Crippen molar-refractivity contribution >= 4 is 29.4 Å². The Labute approximate surface area is 144 Å². The number of benzene rings is 1. The summed E-state index contributed by atoms with van der Waals surface area (Å²) in [5, 5.41) is 45.4. The van der Waals surface area contributed by atoms with Crippen molar-refractivity contribution in [3.8, 4) is 5.75 Å². The van der Waals surface area contributed by atoms with Crippen molar-refractivity contribution in [3.05, 3.63) is 65.9 Å². The van der Waals surface area contributed by atoms with Gasteiger partial charge in [0, 0.05) is 6.07 Å². The standard InChI is InChI=1S/C12H7N5O9/c18-11-8(3-6(15(20)21)4-9(11)16(22)23)12(19)14-13-5-7-1-2-10(26-7)17(24)25/h1-5,18H,(H,14,19)/b13-5+/i1D,2D,13+1,14+1. The highest BCUT2D eigenvalue weighted by Crippen LogP contribution is 2.34. The smallest absolute Gasteiger partial charge is 0.433 e. The third-order valence-electron chi connectivity index (χ3n) is 2.74. The number of hydrazone groups is 1. The molecule has 0 aliphatic carbocycles. The van der Waals surface area contributed by atoms with Crippen LogP contribution >= 0.6 is 0 Å². The minimum atomic E-state index is -1.29. The van der Waals surface area contributed by atoms with E-state index in [0.717, 1.165) is 0 Å². The highest BCUT2D eigenvalue weighted by atomic mass is 16.7. The summed E-state index contributed by atoms with van der Waals surface area (Å²) in [6.45, 7) is 0. The lowest BCUT2D eigenvalue weighted by Gasteiger charge is -2.03. The number of phenolic OH excluding ortho intramolecular Hbond substituents is 1. The first-order valence-electron chi connectivity index (χ1n) is 7.28. The number of rotatable bonds is 6. The van der Waals surface area contributed by atoms with Gasteiger partial charge in [-0.3, -0.25) is 35.1 Å². The Balaban J connectivity index is 2.32. The van der Waals surface area contributed by atoms with Crippen LogP contribution < -0.4 is 5.43 Å². The third kappa shape index (κ3) is 3.75. The van der Waals surface area contributed by atoms with Crippen LogP contribution in [0.4, 0.5) is 17.3 Å². The van der Waals surface area contributed by atoms with Crippen LogP contribution in [0.2, 0.25) is 0 Å². The second-order valence-corrected chi connectivity index (χ2v) is 4.35. The molecule has 0 unspecified atom stereocenters. The van der Waals surface area contributed by atoms with E-state index in [2.05, 4.69) is 9.52 Å². The number of nitro benzene ring substituents is 2. The van der Waals surface area contributed by atoms with Gasteiger partial charge in [-0.1, -0.05) is 0 Å². The minimum absolute atomic E-state index is 0.458. The molecule has 0 bridgehead atoms. The van der Waals surface area contributed by atoms with Crippen molar-refractivity contribution in [2.45, 2.75) is 0 Å². The summed E-state index contributed by atoms with van der Waals surface area (Å²) in [4.78, 5) is 41.1. The molecule has 0 fully saturated rings. The summed E-state index contributed by atoms with van der Waals surface area (Å²) in [7, 11) is 0. The molecule has 1 aromatic heterocycles. The number of furan rings is 1. The topological polar surface area (TPSA) is 204 Å². The van der Waals surface area contributed by atoms with E-state index in [1.54, 1.807) is 5.43 Å². The molecule has 1 heterocycles. The Bertz CT molecular complexity index is 1050. The van der Waals surface area contributed by atoms with E-state index in [0.29, 0.717) is 18.3 Å².